The van der Waals surface area contributed by atoms with Crippen molar-refractivity contribution in [1.82, 2.24) is 0 Å². The predicted octanol–water partition coefficient (Wildman–Crippen LogP) is 5.87. The second-order valence-electron chi connectivity index (χ2n) is 6.30. The topological polar surface area (TPSA) is 21.3 Å². The van der Waals surface area contributed by atoms with E-state index in [0.29, 0.717) is 0 Å². The summed E-state index contributed by atoms with van der Waals surface area (Å²) < 4.78 is 5.87. The maximum atomic E-state index is 5.87. The zero-order valence-corrected chi connectivity index (χ0v) is 14.7. The van der Waals surface area contributed by atoms with E-state index >= 15 is 0 Å². The van der Waals surface area contributed by atoms with Crippen LogP contribution in [0.1, 0.15) is 46.0 Å². The first-order valence-corrected chi connectivity index (χ1v) is 9.14. The van der Waals surface area contributed by atoms with Gasteiger partial charge in [-0.25, -0.2) is 0 Å². The van der Waals surface area contributed by atoms with Gasteiger partial charge in [-0.3, -0.25) is 0 Å². The molecule has 1 unspecified atom stereocenters. The Labute approximate surface area is 141 Å². The highest BCUT2D eigenvalue weighted by Gasteiger charge is 2.05. The molecule has 0 bridgehead atoms. The number of fused-ring (bicyclic) bond motifs is 1. The maximum absolute atomic E-state index is 5.87. The Morgan fingerprint density at radius 3 is 2.65 bits per heavy atom. The largest absolute Gasteiger partial charge is 0.384 e. The van der Waals surface area contributed by atoms with Gasteiger partial charge < -0.3 is 10.1 Å². The molecule has 0 aromatic heterocycles. The molecule has 0 aliphatic heterocycles. The van der Waals surface area contributed by atoms with Crippen molar-refractivity contribution in [3.05, 3.63) is 42.5 Å². The van der Waals surface area contributed by atoms with Crippen LogP contribution in [-0.2, 0) is 4.74 Å². The van der Waals surface area contributed by atoms with Crippen LogP contribution >= 0.6 is 0 Å². The lowest BCUT2D eigenvalue weighted by Gasteiger charge is -2.15. The van der Waals surface area contributed by atoms with E-state index in [4.69, 9.17) is 4.74 Å². The first-order chi connectivity index (χ1) is 11.3. The molecule has 2 aromatic rings. The molecule has 126 valence electrons. The summed E-state index contributed by atoms with van der Waals surface area (Å²) in [6.45, 7) is 7.25. The highest BCUT2D eigenvalue weighted by Crippen LogP contribution is 2.22. The average molecular weight is 313 g/mol. The van der Waals surface area contributed by atoms with Crippen molar-refractivity contribution >= 4 is 16.5 Å². The van der Waals surface area contributed by atoms with Gasteiger partial charge in [-0.15, -0.1) is 0 Å². The third-order valence-corrected chi connectivity index (χ3v) is 4.47. The van der Waals surface area contributed by atoms with E-state index in [1.165, 1.54) is 42.1 Å². The van der Waals surface area contributed by atoms with E-state index in [1.807, 2.05) is 0 Å². The Bertz CT molecular complexity index is 561. The van der Waals surface area contributed by atoms with Crippen LogP contribution in [0.15, 0.2) is 42.5 Å². The van der Waals surface area contributed by atoms with Crippen molar-refractivity contribution in [3.8, 4) is 0 Å². The molecule has 0 saturated heterocycles. The molecule has 0 saturated carbocycles. The number of nitrogens with one attached hydrogen (secondary N) is 1. The summed E-state index contributed by atoms with van der Waals surface area (Å²) >= 11 is 0. The molecule has 1 atom stereocenters. The van der Waals surface area contributed by atoms with E-state index in [-0.39, 0.29) is 0 Å². The van der Waals surface area contributed by atoms with E-state index in [1.54, 1.807) is 0 Å². The zero-order valence-electron chi connectivity index (χ0n) is 14.7. The summed E-state index contributed by atoms with van der Waals surface area (Å²) in [6.07, 6.45) is 6.19. The quantitative estimate of drug-likeness (QED) is 0.523. The molecular formula is C21H31NO. The Hall–Kier alpha value is -1.54. The number of hydrogen-bond donors (Lipinski definition) is 1. The van der Waals surface area contributed by atoms with Crippen molar-refractivity contribution < 1.29 is 4.74 Å². The molecule has 1 N–H and O–H groups in total. The van der Waals surface area contributed by atoms with Crippen molar-refractivity contribution in [3.63, 3.8) is 0 Å². The Morgan fingerprint density at radius 1 is 1.00 bits per heavy atom. The molecule has 2 nitrogen and oxygen atoms in total. The third-order valence-electron chi connectivity index (χ3n) is 4.47. The fourth-order valence-corrected chi connectivity index (χ4v) is 2.92. The number of unbranched alkanes of at least 4 members (excludes halogenated alkanes) is 1. The lowest BCUT2D eigenvalue weighted by molar-refractivity contribution is 0.0938. The molecule has 2 rings (SSSR count). The van der Waals surface area contributed by atoms with Gasteiger partial charge in [0.25, 0.3) is 0 Å². The van der Waals surface area contributed by atoms with E-state index in [9.17, 15) is 0 Å². The van der Waals surface area contributed by atoms with Gasteiger partial charge in [0.1, 0.15) is 0 Å². The SMILES string of the molecule is CCCCC(CC)COCCCNc1cccc2ccccc12. The van der Waals surface area contributed by atoms with E-state index in [0.717, 1.165) is 32.1 Å². The minimum atomic E-state index is 0.737. The molecule has 0 amide bonds. The van der Waals surface area contributed by atoms with Crippen LogP contribution in [0, 0.1) is 5.92 Å². The van der Waals surface area contributed by atoms with Crippen molar-refractivity contribution in [1.29, 1.82) is 0 Å². The van der Waals surface area contributed by atoms with Crippen molar-refractivity contribution in [2.45, 2.75) is 46.0 Å². The predicted molar refractivity (Wildman–Crippen MR) is 101 cm³/mol. The highest BCUT2D eigenvalue weighted by atomic mass is 16.5. The van der Waals surface area contributed by atoms with Gasteiger partial charge in [0.05, 0.1) is 0 Å². The molecule has 0 spiro atoms. The highest BCUT2D eigenvalue weighted by molar-refractivity contribution is 5.93. The normalized spacial score (nSPS) is 12.4. The average Bonchev–Trinajstić information content (AvgIpc) is 2.60. The van der Waals surface area contributed by atoms with E-state index in [2.05, 4.69) is 61.6 Å². The smallest absolute Gasteiger partial charge is 0.0494 e. The molecule has 0 aliphatic carbocycles. The van der Waals surface area contributed by atoms with Crippen LogP contribution in [0.4, 0.5) is 5.69 Å². The summed E-state index contributed by atoms with van der Waals surface area (Å²) in [6, 6.07) is 14.9. The molecule has 23 heavy (non-hydrogen) atoms. The standard InChI is InChI=1S/C21H31NO/c1-3-5-10-18(4-2)17-23-16-9-15-22-21-14-8-12-19-11-6-7-13-20(19)21/h6-8,11-14,18,22H,3-5,9-10,15-17H2,1-2H3. The molecule has 2 aromatic carbocycles. The van der Waals surface area contributed by atoms with Crippen LogP contribution < -0.4 is 5.32 Å². The van der Waals surface area contributed by atoms with Gasteiger partial charge in [-0.05, 0) is 30.2 Å². The van der Waals surface area contributed by atoms with Gasteiger partial charge in [0.2, 0.25) is 0 Å². The number of anilines is 1. The monoisotopic (exact) mass is 313 g/mol. The first-order valence-electron chi connectivity index (χ1n) is 9.14. The second kappa shape index (κ2) is 10.3. The maximum Gasteiger partial charge on any atom is 0.0494 e. The number of rotatable bonds is 11. The van der Waals surface area contributed by atoms with Gasteiger partial charge in [0.15, 0.2) is 0 Å². The first kappa shape index (κ1) is 17.8. The fourth-order valence-electron chi connectivity index (χ4n) is 2.92. The van der Waals surface area contributed by atoms with Gasteiger partial charge in [0, 0.05) is 30.8 Å². The Morgan fingerprint density at radius 2 is 1.83 bits per heavy atom. The zero-order chi connectivity index (χ0) is 16.3. The van der Waals surface area contributed by atoms with Crippen LogP contribution in [0.5, 0.6) is 0 Å². The molecule has 0 heterocycles. The number of hydrogen-bond acceptors (Lipinski definition) is 2. The molecular weight excluding hydrogens is 282 g/mol. The molecule has 0 fully saturated rings. The minimum absolute atomic E-state index is 0.737. The lowest BCUT2D eigenvalue weighted by Crippen LogP contribution is -2.12. The molecule has 0 aliphatic rings. The molecule has 0 radical (unpaired) electrons. The van der Waals surface area contributed by atoms with Gasteiger partial charge in [-0.2, -0.15) is 0 Å². The third kappa shape index (κ3) is 5.87. The Kier molecular flexibility index (Phi) is 7.96. The van der Waals surface area contributed by atoms with Gasteiger partial charge >= 0.3 is 0 Å². The van der Waals surface area contributed by atoms with Crippen LogP contribution in [0.25, 0.3) is 10.8 Å². The van der Waals surface area contributed by atoms with Crippen molar-refractivity contribution in [2.75, 3.05) is 25.1 Å². The second-order valence-corrected chi connectivity index (χ2v) is 6.30. The summed E-state index contributed by atoms with van der Waals surface area (Å²) in [5.74, 6) is 0.737. The number of benzene rings is 2. The summed E-state index contributed by atoms with van der Waals surface area (Å²) in [5.41, 5.74) is 1.22. The van der Waals surface area contributed by atoms with Gasteiger partial charge in [-0.1, -0.05) is 69.5 Å². The summed E-state index contributed by atoms with van der Waals surface area (Å²) in [5, 5.41) is 6.12. The minimum Gasteiger partial charge on any atom is -0.384 e. The van der Waals surface area contributed by atoms with Crippen LogP contribution in [0.2, 0.25) is 0 Å². The van der Waals surface area contributed by atoms with Crippen LogP contribution in [-0.4, -0.2) is 19.8 Å². The van der Waals surface area contributed by atoms with Crippen molar-refractivity contribution in [2.24, 2.45) is 5.92 Å². The van der Waals surface area contributed by atoms with Crippen LogP contribution in [0.3, 0.4) is 0 Å². The summed E-state index contributed by atoms with van der Waals surface area (Å²) in [7, 11) is 0. The summed E-state index contributed by atoms with van der Waals surface area (Å²) in [4.78, 5) is 0. The molecule has 2 heteroatoms. The lowest BCUT2D eigenvalue weighted by atomic mass is 10.0. The fraction of sp³-hybridized carbons (Fsp3) is 0.524. The van der Waals surface area contributed by atoms with E-state index < -0.39 is 0 Å². The number of ether oxygens (including phenoxy) is 1. The Balaban J connectivity index is 1.67.